The van der Waals surface area contributed by atoms with E-state index in [0.29, 0.717) is 5.41 Å². The van der Waals surface area contributed by atoms with Crippen LogP contribution in [0.15, 0.2) is 42.5 Å². The Balaban J connectivity index is 1.89. The minimum atomic E-state index is 0.538. The van der Waals surface area contributed by atoms with Gasteiger partial charge in [-0.1, -0.05) is 49.4 Å². The molecular weight excluding hydrogens is 168 g/mol. The van der Waals surface area contributed by atoms with Crippen LogP contribution in [-0.4, -0.2) is 0 Å². The van der Waals surface area contributed by atoms with E-state index in [4.69, 9.17) is 0 Å². The monoisotopic (exact) mass is 186 g/mol. The van der Waals surface area contributed by atoms with E-state index in [0.717, 1.165) is 0 Å². The molecule has 0 heteroatoms. The lowest BCUT2D eigenvalue weighted by atomic mass is 9.82. The Morgan fingerprint density at radius 2 is 1.71 bits per heavy atom. The molecule has 0 fully saturated rings. The molecule has 0 amide bonds. The highest BCUT2D eigenvalue weighted by Gasteiger charge is 2.24. The fraction of sp³-hybridized carbons (Fsp3) is 0.429. The van der Waals surface area contributed by atoms with Gasteiger partial charge in [-0.2, -0.15) is 0 Å². The van der Waals surface area contributed by atoms with E-state index in [1.807, 2.05) is 0 Å². The van der Waals surface area contributed by atoms with Gasteiger partial charge in [0.05, 0.1) is 0 Å². The molecule has 1 aliphatic rings. The summed E-state index contributed by atoms with van der Waals surface area (Å²) >= 11 is 0. The maximum atomic E-state index is 2.40. The van der Waals surface area contributed by atoms with Crippen LogP contribution in [0.25, 0.3) is 0 Å². The van der Waals surface area contributed by atoms with E-state index >= 15 is 0 Å². The normalized spacial score (nSPS) is 18.6. The molecule has 2 rings (SSSR count). The second-order valence-corrected chi connectivity index (χ2v) is 4.68. The van der Waals surface area contributed by atoms with Gasteiger partial charge in [-0.05, 0) is 36.7 Å². The summed E-state index contributed by atoms with van der Waals surface area (Å²) in [5.41, 5.74) is 2.01. The van der Waals surface area contributed by atoms with Gasteiger partial charge < -0.3 is 0 Å². The van der Waals surface area contributed by atoms with Crippen molar-refractivity contribution in [1.29, 1.82) is 0 Å². The van der Waals surface area contributed by atoms with E-state index in [9.17, 15) is 0 Å². The van der Waals surface area contributed by atoms with Gasteiger partial charge in [-0.25, -0.2) is 0 Å². The van der Waals surface area contributed by atoms with Crippen molar-refractivity contribution in [2.24, 2.45) is 5.41 Å². The van der Waals surface area contributed by atoms with Crippen LogP contribution in [0.2, 0.25) is 0 Å². The van der Waals surface area contributed by atoms with Gasteiger partial charge >= 0.3 is 0 Å². The summed E-state index contributed by atoms with van der Waals surface area (Å²) in [6, 6.07) is 10.8. The zero-order valence-electron chi connectivity index (χ0n) is 8.87. The van der Waals surface area contributed by atoms with Crippen LogP contribution in [0, 0.1) is 5.41 Å². The number of benzene rings is 1. The molecule has 1 aromatic rings. The first-order valence-corrected chi connectivity index (χ1v) is 5.47. The highest BCUT2D eigenvalue weighted by Crippen LogP contribution is 2.36. The summed E-state index contributed by atoms with van der Waals surface area (Å²) in [4.78, 5) is 0. The van der Waals surface area contributed by atoms with E-state index in [1.165, 1.54) is 31.2 Å². The molecule has 0 N–H and O–H groups in total. The zero-order chi connectivity index (χ0) is 9.86. The van der Waals surface area contributed by atoms with Crippen molar-refractivity contribution in [3.05, 3.63) is 48.0 Å². The van der Waals surface area contributed by atoms with Gasteiger partial charge in [0.1, 0.15) is 0 Å². The second-order valence-electron chi connectivity index (χ2n) is 4.68. The third-order valence-electron chi connectivity index (χ3n) is 3.25. The molecule has 0 unspecified atom stereocenters. The van der Waals surface area contributed by atoms with Crippen LogP contribution in [0.1, 0.15) is 31.7 Å². The molecule has 0 saturated heterocycles. The highest BCUT2D eigenvalue weighted by molar-refractivity contribution is 5.15. The standard InChI is InChI=1S/C14H18/c1-14(10-5-6-11-14)12-9-13-7-3-2-4-8-13/h2-8H,9-12H2,1H3. The Kier molecular flexibility index (Phi) is 2.72. The molecule has 0 aromatic heterocycles. The molecule has 0 nitrogen and oxygen atoms in total. The van der Waals surface area contributed by atoms with Gasteiger partial charge in [0, 0.05) is 0 Å². The molecular formula is C14H18. The summed E-state index contributed by atoms with van der Waals surface area (Å²) in [7, 11) is 0. The van der Waals surface area contributed by atoms with Crippen molar-refractivity contribution >= 4 is 0 Å². The molecule has 0 heterocycles. The lowest BCUT2D eigenvalue weighted by Crippen LogP contribution is -2.12. The van der Waals surface area contributed by atoms with Crippen LogP contribution in [0.5, 0.6) is 0 Å². The molecule has 1 aliphatic carbocycles. The SMILES string of the molecule is CC1(CCc2ccccc2)CC=CC1. The lowest BCUT2D eigenvalue weighted by Gasteiger charge is -2.23. The van der Waals surface area contributed by atoms with Crippen LogP contribution < -0.4 is 0 Å². The number of aryl methyl sites for hydroxylation is 1. The van der Waals surface area contributed by atoms with Gasteiger partial charge in [-0.3, -0.25) is 0 Å². The average molecular weight is 186 g/mol. The molecule has 0 saturated carbocycles. The first-order chi connectivity index (χ1) is 6.79. The van der Waals surface area contributed by atoms with Gasteiger partial charge in [-0.15, -0.1) is 0 Å². The van der Waals surface area contributed by atoms with Gasteiger partial charge in [0.15, 0.2) is 0 Å². The number of hydrogen-bond donors (Lipinski definition) is 0. The molecule has 14 heavy (non-hydrogen) atoms. The minimum absolute atomic E-state index is 0.538. The molecule has 74 valence electrons. The van der Waals surface area contributed by atoms with Crippen LogP contribution >= 0.6 is 0 Å². The summed E-state index contributed by atoms with van der Waals surface area (Å²) in [6.07, 6.45) is 9.71. The van der Waals surface area contributed by atoms with Crippen molar-refractivity contribution in [2.75, 3.05) is 0 Å². The van der Waals surface area contributed by atoms with Crippen LogP contribution in [0.3, 0.4) is 0 Å². The average Bonchev–Trinajstić information content (AvgIpc) is 2.65. The smallest absolute Gasteiger partial charge is 0.0254 e. The summed E-state index contributed by atoms with van der Waals surface area (Å²) in [6.45, 7) is 2.40. The predicted molar refractivity (Wildman–Crippen MR) is 61.2 cm³/mol. The minimum Gasteiger partial charge on any atom is -0.0880 e. The molecule has 0 atom stereocenters. The Morgan fingerprint density at radius 1 is 1.07 bits per heavy atom. The van der Waals surface area contributed by atoms with Crippen molar-refractivity contribution in [3.8, 4) is 0 Å². The van der Waals surface area contributed by atoms with E-state index in [-0.39, 0.29) is 0 Å². The fourth-order valence-corrected chi connectivity index (χ4v) is 2.11. The number of allylic oxidation sites excluding steroid dienone is 2. The lowest BCUT2D eigenvalue weighted by molar-refractivity contribution is 0.322. The highest BCUT2D eigenvalue weighted by atomic mass is 14.3. The first-order valence-electron chi connectivity index (χ1n) is 5.47. The van der Waals surface area contributed by atoms with Gasteiger partial charge in [0.2, 0.25) is 0 Å². The first kappa shape index (κ1) is 9.51. The Labute approximate surface area is 86.7 Å². The van der Waals surface area contributed by atoms with Crippen molar-refractivity contribution in [3.63, 3.8) is 0 Å². The molecule has 0 bridgehead atoms. The third kappa shape index (κ3) is 2.25. The largest absolute Gasteiger partial charge is 0.0880 e. The Morgan fingerprint density at radius 3 is 2.36 bits per heavy atom. The van der Waals surface area contributed by atoms with Crippen molar-refractivity contribution in [1.82, 2.24) is 0 Å². The quantitative estimate of drug-likeness (QED) is 0.626. The number of hydrogen-bond acceptors (Lipinski definition) is 0. The Bertz CT molecular complexity index is 300. The summed E-state index contributed by atoms with van der Waals surface area (Å²) < 4.78 is 0. The fourth-order valence-electron chi connectivity index (χ4n) is 2.11. The van der Waals surface area contributed by atoms with E-state index in [1.54, 1.807) is 0 Å². The molecule has 0 radical (unpaired) electrons. The topological polar surface area (TPSA) is 0 Å². The second kappa shape index (κ2) is 4.00. The number of rotatable bonds is 3. The molecule has 0 aliphatic heterocycles. The van der Waals surface area contributed by atoms with E-state index in [2.05, 4.69) is 49.4 Å². The molecule has 1 aromatic carbocycles. The maximum absolute atomic E-state index is 2.40. The summed E-state index contributed by atoms with van der Waals surface area (Å²) in [5.74, 6) is 0. The maximum Gasteiger partial charge on any atom is -0.0254 e. The van der Waals surface area contributed by atoms with E-state index < -0.39 is 0 Å². The van der Waals surface area contributed by atoms with Crippen LogP contribution in [0.4, 0.5) is 0 Å². The molecule has 0 spiro atoms. The van der Waals surface area contributed by atoms with Crippen molar-refractivity contribution in [2.45, 2.75) is 32.6 Å². The van der Waals surface area contributed by atoms with Crippen LogP contribution in [-0.2, 0) is 6.42 Å². The van der Waals surface area contributed by atoms with Gasteiger partial charge in [0.25, 0.3) is 0 Å². The summed E-state index contributed by atoms with van der Waals surface area (Å²) in [5, 5.41) is 0. The predicted octanol–water partition coefficient (Wildman–Crippen LogP) is 3.98. The third-order valence-corrected chi connectivity index (χ3v) is 3.25. The van der Waals surface area contributed by atoms with Crippen molar-refractivity contribution < 1.29 is 0 Å². The zero-order valence-corrected chi connectivity index (χ0v) is 8.87. The Hall–Kier alpha value is -1.04.